The van der Waals surface area contributed by atoms with Crippen molar-refractivity contribution in [3.05, 3.63) is 95.8 Å². The molecule has 0 radical (unpaired) electrons. The van der Waals surface area contributed by atoms with Crippen LogP contribution in [-0.2, 0) is 36.1 Å². The molecule has 4 aromatic rings. The minimum atomic E-state index is -1.47. The highest BCUT2D eigenvalue weighted by atomic mass is 16.5. The number of ketones is 1. The number of aliphatic hydroxyl groups is 1. The number of alkyl carbamates (subject to hydrolysis) is 1. The van der Waals surface area contributed by atoms with Crippen LogP contribution < -0.4 is 27.0 Å². The van der Waals surface area contributed by atoms with Crippen LogP contribution in [0.3, 0.4) is 0 Å². The lowest BCUT2D eigenvalue weighted by Gasteiger charge is -2.29. The summed E-state index contributed by atoms with van der Waals surface area (Å²) in [6, 6.07) is 16.2. The molecule has 6 amide bonds. The molecule has 0 aliphatic carbocycles. The number of hydrogen-bond donors (Lipinski definition) is 7. The van der Waals surface area contributed by atoms with Crippen LogP contribution in [-0.4, -0.2) is 109 Å². The van der Waals surface area contributed by atoms with Gasteiger partial charge in [-0.15, -0.1) is 5.10 Å². The Morgan fingerprint density at radius 2 is 1.63 bits per heavy atom. The SMILES string of the molecule is CC(C)(O)c1cnnn1[C@H]1C[C@@H](C(=O)NC(CCCCNC(=O)O)C(=O)C(N)=O)N(C(=O)C(CNC(=O)OCc2ccccc2)NC(=O)c2ccc3ccccc3c2)C1. The lowest BCUT2D eigenvalue weighted by molar-refractivity contribution is -0.142. The Morgan fingerprint density at radius 1 is 0.915 bits per heavy atom. The van der Waals surface area contributed by atoms with E-state index in [9.17, 15) is 38.7 Å². The molecule has 1 aliphatic heterocycles. The number of nitrogens with zero attached hydrogens (tertiary/aromatic N) is 4. The second-order valence-electron chi connectivity index (χ2n) is 14.6. The van der Waals surface area contributed by atoms with Crippen LogP contribution in [0, 0.1) is 0 Å². The fourth-order valence-corrected chi connectivity index (χ4v) is 6.74. The molecule has 1 saturated heterocycles. The standard InChI is InChI=1S/C40H47N9O10/c1-40(2,58)32-21-44-47-49(32)28-19-31(36(53)45-29(33(50)34(41)51)14-8-9-17-42-38(55)56)48(22-28)37(54)30(20-43-39(57)59-23-24-10-4-3-5-11-24)46-35(52)27-16-15-25-12-6-7-13-26(25)18-27/h3-7,10-13,15-16,18,21,28-31,42,58H,8-9,14,17,19-20,22-23H2,1-2H3,(H2,41,51)(H,43,57)(H,45,53)(H,46,52)(H,55,56)/t28-,29?,30?,31-/m0/s1. The summed E-state index contributed by atoms with van der Waals surface area (Å²) in [4.78, 5) is 92.5. The molecule has 59 heavy (non-hydrogen) atoms. The van der Waals surface area contributed by atoms with Crippen molar-refractivity contribution in [3.8, 4) is 0 Å². The number of aromatic nitrogens is 3. The van der Waals surface area contributed by atoms with Crippen molar-refractivity contribution in [2.45, 2.75) is 75.9 Å². The van der Waals surface area contributed by atoms with Crippen LogP contribution in [0.2, 0.25) is 0 Å². The van der Waals surface area contributed by atoms with Crippen LogP contribution in [0.25, 0.3) is 10.8 Å². The molecule has 1 fully saturated rings. The third-order valence-corrected chi connectivity index (χ3v) is 9.76. The van der Waals surface area contributed by atoms with E-state index >= 15 is 0 Å². The first-order chi connectivity index (χ1) is 28.1. The largest absolute Gasteiger partial charge is 0.465 e. The van der Waals surface area contributed by atoms with Gasteiger partial charge in [-0.3, -0.25) is 24.0 Å². The molecule has 19 nitrogen and oxygen atoms in total. The Hall–Kier alpha value is -6.89. The topological polar surface area (TPSA) is 277 Å². The number of amides is 6. The number of rotatable bonds is 18. The highest BCUT2D eigenvalue weighted by molar-refractivity contribution is 6.37. The maximum Gasteiger partial charge on any atom is 0.407 e. The number of benzene rings is 3. The third kappa shape index (κ3) is 11.6. The lowest BCUT2D eigenvalue weighted by Crippen LogP contribution is -2.58. The van der Waals surface area contributed by atoms with Crippen LogP contribution in [0.4, 0.5) is 9.59 Å². The first kappa shape index (κ1) is 43.2. The van der Waals surface area contributed by atoms with Crippen molar-refractivity contribution in [1.82, 2.24) is 41.2 Å². The van der Waals surface area contributed by atoms with E-state index in [-0.39, 0.29) is 56.6 Å². The van der Waals surface area contributed by atoms with Crippen molar-refractivity contribution >= 4 is 52.4 Å². The van der Waals surface area contributed by atoms with Gasteiger partial charge < -0.3 is 46.9 Å². The molecule has 0 saturated carbocycles. The van der Waals surface area contributed by atoms with Crippen molar-refractivity contribution in [1.29, 1.82) is 0 Å². The highest BCUT2D eigenvalue weighted by Crippen LogP contribution is 2.32. The Kier molecular flexibility index (Phi) is 14.3. The summed E-state index contributed by atoms with van der Waals surface area (Å²) in [6.45, 7) is 2.34. The van der Waals surface area contributed by atoms with Gasteiger partial charge in [-0.25, -0.2) is 14.3 Å². The second kappa shape index (κ2) is 19.5. The van der Waals surface area contributed by atoms with E-state index in [1.54, 1.807) is 48.5 Å². The summed E-state index contributed by atoms with van der Waals surface area (Å²) in [5, 5.41) is 39.4. The number of fused-ring (bicyclic) bond motifs is 1. The monoisotopic (exact) mass is 813 g/mol. The predicted octanol–water partition coefficient (Wildman–Crippen LogP) is 1.50. The molecule has 1 aromatic heterocycles. The van der Waals surface area contributed by atoms with Crippen molar-refractivity contribution in [2.24, 2.45) is 5.73 Å². The molecule has 312 valence electrons. The summed E-state index contributed by atoms with van der Waals surface area (Å²) < 4.78 is 6.73. The number of primary amides is 1. The smallest absolute Gasteiger partial charge is 0.407 e. The Morgan fingerprint density at radius 3 is 2.32 bits per heavy atom. The quantitative estimate of drug-likeness (QED) is 0.0556. The summed E-state index contributed by atoms with van der Waals surface area (Å²) in [6.07, 6.45) is -0.488. The number of hydrogen-bond acceptors (Lipinski definition) is 11. The van der Waals surface area contributed by atoms with Gasteiger partial charge in [0.25, 0.3) is 11.8 Å². The van der Waals surface area contributed by atoms with Crippen LogP contribution >= 0.6 is 0 Å². The molecule has 3 aromatic carbocycles. The highest BCUT2D eigenvalue weighted by Gasteiger charge is 2.45. The number of ether oxygens (including phenoxy) is 1. The Balaban J connectivity index is 1.43. The minimum absolute atomic E-state index is 0.0505. The number of carbonyl (C=O) groups excluding carboxylic acids is 6. The number of nitrogens with one attached hydrogen (secondary N) is 4. The average molecular weight is 814 g/mol. The zero-order valence-corrected chi connectivity index (χ0v) is 32.5. The molecular formula is C40H47N9O10. The summed E-state index contributed by atoms with van der Waals surface area (Å²) in [5.41, 5.74) is 5.07. The van der Waals surface area contributed by atoms with Crippen molar-refractivity contribution in [2.75, 3.05) is 19.6 Å². The zero-order valence-electron chi connectivity index (χ0n) is 32.5. The molecule has 8 N–H and O–H groups in total. The molecule has 19 heteroatoms. The second-order valence-corrected chi connectivity index (χ2v) is 14.6. The number of likely N-dealkylation sites (tertiary alicyclic amines) is 1. The predicted molar refractivity (Wildman–Crippen MR) is 210 cm³/mol. The van der Waals surface area contributed by atoms with Crippen LogP contribution in [0.15, 0.2) is 79.0 Å². The van der Waals surface area contributed by atoms with Gasteiger partial charge in [0.15, 0.2) is 0 Å². The van der Waals surface area contributed by atoms with Crippen LogP contribution in [0.1, 0.15) is 67.2 Å². The number of nitrogens with two attached hydrogens (primary N) is 1. The first-order valence-corrected chi connectivity index (χ1v) is 18.9. The fraction of sp³-hybridized carbons (Fsp3) is 0.375. The Labute approximate surface area is 338 Å². The van der Waals surface area contributed by atoms with E-state index < -0.39 is 77.9 Å². The third-order valence-electron chi connectivity index (χ3n) is 9.76. The summed E-state index contributed by atoms with van der Waals surface area (Å²) in [7, 11) is 0. The van der Waals surface area contributed by atoms with Crippen molar-refractivity contribution in [3.63, 3.8) is 0 Å². The van der Waals surface area contributed by atoms with Gasteiger partial charge in [0.2, 0.25) is 17.6 Å². The molecule has 0 spiro atoms. The van der Waals surface area contributed by atoms with E-state index in [0.717, 1.165) is 10.8 Å². The first-order valence-electron chi connectivity index (χ1n) is 18.9. The molecular weight excluding hydrogens is 766 g/mol. The van der Waals surface area contributed by atoms with Gasteiger partial charge >= 0.3 is 12.2 Å². The average Bonchev–Trinajstić information content (AvgIpc) is 3.89. The molecule has 2 heterocycles. The number of Topliss-reactive ketones (excluding diaryl/α,β-unsaturated/α-hetero) is 1. The molecule has 2 unspecified atom stereocenters. The molecule has 1 aliphatic rings. The molecule has 4 atom stereocenters. The maximum absolute atomic E-state index is 14.7. The fourth-order valence-electron chi connectivity index (χ4n) is 6.74. The summed E-state index contributed by atoms with van der Waals surface area (Å²) >= 11 is 0. The van der Waals surface area contributed by atoms with Crippen LogP contribution in [0.5, 0.6) is 0 Å². The number of unbranched alkanes of at least 4 members (excludes halogenated alkanes) is 1. The maximum atomic E-state index is 14.7. The summed E-state index contributed by atoms with van der Waals surface area (Å²) in [5.74, 6) is -4.71. The van der Waals surface area contributed by atoms with E-state index in [2.05, 4.69) is 31.6 Å². The zero-order chi connectivity index (χ0) is 42.7. The van der Waals surface area contributed by atoms with Gasteiger partial charge in [-0.1, -0.05) is 65.9 Å². The number of carboxylic acid groups (broad SMARTS) is 1. The minimum Gasteiger partial charge on any atom is -0.465 e. The Bertz CT molecular complexity index is 2170. The molecule has 0 bridgehead atoms. The van der Waals surface area contributed by atoms with Gasteiger partial charge in [0.1, 0.15) is 24.3 Å². The number of carbonyl (C=O) groups is 7. The molecule has 5 rings (SSSR count). The van der Waals surface area contributed by atoms with Crippen molar-refractivity contribution < 1.29 is 48.5 Å². The normalized spacial score (nSPS) is 16.1. The van der Waals surface area contributed by atoms with Gasteiger partial charge in [-0.2, -0.15) is 0 Å². The van der Waals surface area contributed by atoms with E-state index in [1.807, 2.05) is 24.3 Å². The van der Waals surface area contributed by atoms with E-state index in [1.165, 1.54) is 29.6 Å². The van der Waals surface area contributed by atoms with E-state index in [0.29, 0.717) is 5.56 Å². The van der Waals surface area contributed by atoms with Gasteiger partial charge in [0.05, 0.1) is 30.5 Å². The van der Waals surface area contributed by atoms with E-state index in [4.69, 9.17) is 15.6 Å². The lowest BCUT2D eigenvalue weighted by atomic mass is 10.0. The van der Waals surface area contributed by atoms with Gasteiger partial charge in [-0.05, 0) is 61.6 Å². The van der Waals surface area contributed by atoms with Gasteiger partial charge in [0, 0.05) is 25.1 Å².